The molecule has 8 heteroatoms. The van der Waals surface area contributed by atoms with Gasteiger partial charge in [-0.05, 0) is 0 Å². The molecule has 2 atom stereocenters. The van der Waals surface area contributed by atoms with Crippen LogP contribution >= 0.6 is 11.3 Å². The fourth-order valence-corrected chi connectivity index (χ4v) is 6.55. The summed E-state index contributed by atoms with van der Waals surface area (Å²) in [6.45, 7) is 1.77. The number of piperidine rings is 1. The zero-order valence-corrected chi connectivity index (χ0v) is 17.4. The molecule has 0 aliphatic carbocycles. The van der Waals surface area contributed by atoms with Crippen LogP contribution in [0.4, 0.5) is 4.79 Å². The molecule has 3 rings (SSSR count). The number of benzene rings is 1. The van der Waals surface area contributed by atoms with Gasteiger partial charge in [0.25, 0.3) is 0 Å². The maximum absolute atomic E-state index is 12.8. The number of carbonyl (C=O) groups excluding carboxylic acids is 2. The standard InChI is InChI=1S/C18H22AsN3O3S/c1-25-13-6-2-4-11(8-13)15-9-14(16(26-15)19-18(20)24)17(23)22-12-5-3-7-21-10-12/h2,4,6,8-9,12,19,21H,3,5,7,10H2,1H3,(H2,20,24)(H,22,23)/t12-/m0/s1. The third kappa shape index (κ3) is 4.66. The van der Waals surface area contributed by atoms with Gasteiger partial charge in [0.05, 0.1) is 0 Å². The monoisotopic (exact) mass is 435 g/mol. The van der Waals surface area contributed by atoms with Gasteiger partial charge in [0.1, 0.15) is 0 Å². The molecule has 0 spiro atoms. The van der Waals surface area contributed by atoms with Crippen LogP contribution in [-0.2, 0) is 0 Å². The van der Waals surface area contributed by atoms with Gasteiger partial charge in [-0.15, -0.1) is 0 Å². The van der Waals surface area contributed by atoms with Crippen LogP contribution < -0.4 is 24.8 Å². The summed E-state index contributed by atoms with van der Waals surface area (Å²) in [6.07, 6.45) is 2.01. The Kier molecular flexibility index (Phi) is 6.35. The van der Waals surface area contributed by atoms with Crippen LogP contribution in [0.3, 0.4) is 0 Å². The van der Waals surface area contributed by atoms with Crippen LogP contribution in [0.2, 0.25) is 0 Å². The van der Waals surface area contributed by atoms with Crippen LogP contribution in [0.15, 0.2) is 30.3 Å². The van der Waals surface area contributed by atoms with Crippen molar-refractivity contribution >= 4 is 41.4 Å². The van der Waals surface area contributed by atoms with E-state index in [0.717, 1.165) is 45.8 Å². The fraction of sp³-hybridized carbons (Fsp3) is 0.333. The van der Waals surface area contributed by atoms with Crippen LogP contribution in [-0.4, -0.2) is 52.6 Å². The van der Waals surface area contributed by atoms with Crippen molar-refractivity contribution in [3.8, 4) is 16.2 Å². The topological polar surface area (TPSA) is 93.4 Å². The van der Waals surface area contributed by atoms with Gasteiger partial charge in [-0.25, -0.2) is 0 Å². The number of amides is 2. The molecular formula is C18H22AsN3O3S. The van der Waals surface area contributed by atoms with E-state index >= 15 is 0 Å². The number of nitrogens with two attached hydrogens (primary N) is 1. The molecule has 1 unspecified atom stereocenters. The number of primary amides is 1. The third-order valence-corrected chi connectivity index (χ3v) is 7.93. The first kappa shape index (κ1) is 19.0. The molecule has 6 nitrogen and oxygen atoms in total. The van der Waals surface area contributed by atoms with Crippen LogP contribution in [0.5, 0.6) is 5.75 Å². The normalized spacial score (nSPS) is 17.3. The predicted molar refractivity (Wildman–Crippen MR) is 106 cm³/mol. The van der Waals surface area contributed by atoms with Gasteiger partial charge in [0.2, 0.25) is 0 Å². The first-order valence-electron chi connectivity index (χ1n) is 8.43. The van der Waals surface area contributed by atoms with Gasteiger partial charge in [-0.3, -0.25) is 0 Å². The molecule has 1 fully saturated rings. The SMILES string of the molecule is COc1cccc(-c2cc(C(=O)N[C@H]3CCCNC3)c([AsH]C(N)=O)s2)c1. The Morgan fingerprint density at radius 2 is 2.23 bits per heavy atom. The van der Waals surface area contributed by atoms with Crippen molar-refractivity contribution in [3.05, 3.63) is 35.9 Å². The summed E-state index contributed by atoms with van der Waals surface area (Å²) < 4.78 is 5.77. The van der Waals surface area contributed by atoms with Gasteiger partial charge in [-0.1, -0.05) is 0 Å². The van der Waals surface area contributed by atoms with Gasteiger partial charge >= 0.3 is 163 Å². The average Bonchev–Trinajstić information content (AvgIpc) is 3.06. The summed E-state index contributed by atoms with van der Waals surface area (Å²) in [5.74, 6) is 0.631. The summed E-state index contributed by atoms with van der Waals surface area (Å²) >= 11 is 0.277. The van der Waals surface area contributed by atoms with E-state index in [2.05, 4.69) is 10.6 Å². The average molecular weight is 435 g/mol. The maximum atomic E-state index is 12.8. The molecular weight excluding hydrogens is 413 g/mol. The van der Waals surface area contributed by atoms with E-state index in [1.54, 1.807) is 7.11 Å². The predicted octanol–water partition coefficient (Wildman–Crippen LogP) is 1.05. The molecule has 4 N–H and O–H groups in total. The van der Waals surface area contributed by atoms with Gasteiger partial charge in [-0.2, -0.15) is 0 Å². The number of hydrogen-bond acceptors (Lipinski definition) is 5. The second-order valence-corrected chi connectivity index (χ2v) is 10.5. The van der Waals surface area contributed by atoms with Gasteiger partial charge in [0.15, 0.2) is 0 Å². The van der Waals surface area contributed by atoms with Crippen molar-refractivity contribution in [3.63, 3.8) is 0 Å². The van der Waals surface area contributed by atoms with Crippen LogP contribution in [0.1, 0.15) is 23.2 Å². The van der Waals surface area contributed by atoms with E-state index in [-0.39, 0.29) is 16.6 Å². The Balaban J connectivity index is 1.88. The van der Waals surface area contributed by atoms with Crippen LogP contribution in [0, 0.1) is 0 Å². The van der Waals surface area contributed by atoms with E-state index in [1.165, 1.54) is 11.3 Å². The summed E-state index contributed by atoms with van der Waals surface area (Å²) in [6, 6.07) is 9.66. The quantitative estimate of drug-likeness (QED) is 0.592. The van der Waals surface area contributed by atoms with E-state index in [4.69, 9.17) is 10.5 Å². The molecule has 1 aliphatic rings. The van der Waals surface area contributed by atoms with E-state index in [1.807, 2.05) is 30.3 Å². The minimum atomic E-state index is -1.20. The van der Waals surface area contributed by atoms with Crippen molar-refractivity contribution in [1.82, 2.24) is 10.6 Å². The minimum absolute atomic E-state index is 0.121. The summed E-state index contributed by atoms with van der Waals surface area (Å²) in [5, 5.41) is 6.37. The molecule has 1 aromatic carbocycles. The molecule has 2 amide bonds. The Morgan fingerprint density at radius 1 is 1.38 bits per heavy atom. The van der Waals surface area contributed by atoms with Crippen molar-refractivity contribution in [2.45, 2.75) is 18.9 Å². The second kappa shape index (κ2) is 8.71. The van der Waals surface area contributed by atoms with E-state index in [0.29, 0.717) is 5.56 Å². The van der Waals surface area contributed by atoms with Crippen molar-refractivity contribution in [2.24, 2.45) is 5.73 Å². The van der Waals surface area contributed by atoms with Gasteiger partial charge in [0, 0.05) is 0 Å². The third-order valence-electron chi connectivity index (χ3n) is 4.20. The molecule has 2 aromatic rings. The second-order valence-electron chi connectivity index (χ2n) is 6.09. The molecule has 1 saturated heterocycles. The number of ether oxygens (including phenoxy) is 1. The Bertz CT molecular complexity index is 803. The van der Waals surface area contributed by atoms with Gasteiger partial charge < -0.3 is 0 Å². The van der Waals surface area contributed by atoms with Crippen molar-refractivity contribution in [2.75, 3.05) is 20.2 Å². The molecule has 0 bridgehead atoms. The number of rotatable bonds is 6. The molecule has 1 aromatic heterocycles. The first-order valence-corrected chi connectivity index (χ1v) is 11.3. The summed E-state index contributed by atoms with van der Waals surface area (Å²) in [5.41, 5.74) is 6.98. The summed E-state index contributed by atoms with van der Waals surface area (Å²) in [7, 11) is 1.62. The molecule has 0 saturated carbocycles. The fourth-order valence-electron chi connectivity index (χ4n) is 2.92. The zero-order chi connectivity index (χ0) is 18.5. The van der Waals surface area contributed by atoms with E-state index < -0.39 is 15.8 Å². The molecule has 138 valence electrons. The molecule has 26 heavy (non-hydrogen) atoms. The number of hydrogen-bond donors (Lipinski definition) is 3. The molecule has 0 radical (unpaired) electrons. The number of nitrogens with one attached hydrogen (secondary N) is 2. The molecule has 2 heterocycles. The molecule has 1 aliphatic heterocycles. The summed E-state index contributed by atoms with van der Waals surface area (Å²) in [4.78, 5) is 25.2. The Labute approximate surface area is 163 Å². The number of carbonyl (C=O) groups is 2. The zero-order valence-electron chi connectivity index (χ0n) is 14.5. The Morgan fingerprint density at radius 3 is 2.92 bits per heavy atom. The van der Waals surface area contributed by atoms with Crippen molar-refractivity contribution < 1.29 is 14.3 Å². The first-order chi connectivity index (χ1) is 12.6. The van der Waals surface area contributed by atoms with Crippen molar-refractivity contribution in [1.29, 1.82) is 0 Å². The van der Waals surface area contributed by atoms with Crippen LogP contribution in [0.25, 0.3) is 10.4 Å². The van der Waals surface area contributed by atoms with E-state index in [9.17, 15) is 9.59 Å². The number of thiophene rings is 1. The number of methoxy groups -OCH3 is 1. The Hall–Kier alpha value is -1.82.